The van der Waals surface area contributed by atoms with Crippen molar-refractivity contribution in [1.82, 2.24) is 5.43 Å². The van der Waals surface area contributed by atoms with E-state index < -0.39 is 0 Å². The van der Waals surface area contributed by atoms with Crippen molar-refractivity contribution in [2.24, 2.45) is 11.0 Å². The van der Waals surface area contributed by atoms with Crippen molar-refractivity contribution in [3.63, 3.8) is 0 Å². The Kier molecular flexibility index (Phi) is 4.38. The molecule has 0 unspecified atom stereocenters. The summed E-state index contributed by atoms with van der Waals surface area (Å²) in [5.41, 5.74) is 6.18. The van der Waals surface area contributed by atoms with Crippen LogP contribution in [0.25, 0.3) is 0 Å². The maximum absolute atomic E-state index is 12.3. The van der Waals surface area contributed by atoms with E-state index in [0.29, 0.717) is 11.7 Å². The molecule has 0 spiro atoms. The van der Waals surface area contributed by atoms with E-state index in [1.165, 1.54) is 11.1 Å². The molecule has 4 rings (SSSR count). The number of ether oxygens (including phenoxy) is 2. The molecule has 1 aliphatic heterocycles. The number of carbonyl (C=O) groups excluding carboxylic acids is 1. The number of hydrazone groups is 1. The molecule has 2 aromatic carbocycles. The molecule has 5 heteroatoms. The SMILES string of the molecule is CC(C)(C)c1ccc([C@@H]2C[C@H]2C(=O)NN=Cc2ccc3c(c2)OCO3)cc1. The second-order valence-electron chi connectivity index (χ2n) is 8.17. The van der Waals surface area contributed by atoms with Gasteiger partial charge in [-0.1, -0.05) is 45.0 Å². The van der Waals surface area contributed by atoms with Crippen molar-refractivity contribution in [2.45, 2.75) is 38.5 Å². The minimum absolute atomic E-state index is 0.000564. The summed E-state index contributed by atoms with van der Waals surface area (Å²) in [5, 5.41) is 4.08. The lowest BCUT2D eigenvalue weighted by molar-refractivity contribution is -0.122. The fourth-order valence-electron chi connectivity index (χ4n) is 3.33. The van der Waals surface area contributed by atoms with E-state index in [-0.39, 0.29) is 24.0 Å². The van der Waals surface area contributed by atoms with E-state index in [9.17, 15) is 4.79 Å². The summed E-state index contributed by atoms with van der Waals surface area (Å²) < 4.78 is 10.6. The summed E-state index contributed by atoms with van der Waals surface area (Å²) in [7, 11) is 0. The molecule has 1 aliphatic carbocycles. The lowest BCUT2D eigenvalue weighted by Crippen LogP contribution is -2.20. The van der Waals surface area contributed by atoms with Gasteiger partial charge in [0.1, 0.15) is 0 Å². The molecule has 0 saturated heterocycles. The quantitative estimate of drug-likeness (QED) is 0.660. The highest BCUT2D eigenvalue weighted by Gasteiger charge is 2.44. The maximum atomic E-state index is 12.3. The predicted molar refractivity (Wildman–Crippen MR) is 104 cm³/mol. The number of hydrogen-bond acceptors (Lipinski definition) is 4. The van der Waals surface area contributed by atoms with Gasteiger partial charge in [-0.05, 0) is 52.6 Å². The van der Waals surface area contributed by atoms with E-state index >= 15 is 0 Å². The summed E-state index contributed by atoms with van der Waals surface area (Å²) in [5.74, 6) is 1.69. The van der Waals surface area contributed by atoms with Crippen LogP contribution < -0.4 is 14.9 Å². The molecule has 0 aromatic heterocycles. The Hall–Kier alpha value is -2.82. The largest absolute Gasteiger partial charge is 0.454 e. The molecule has 2 aromatic rings. The first-order chi connectivity index (χ1) is 12.9. The monoisotopic (exact) mass is 364 g/mol. The zero-order valence-corrected chi connectivity index (χ0v) is 15.9. The van der Waals surface area contributed by atoms with Gasteiger partial charge in [0, 0.05) is 5.92 Å². The molecule has 2 aliphatic rings. The number of nitrogens with one attached hydrogen (secondary N) is 1. The topological polar surface area (TPSA) is 59.9 Å². The molecule has 140 valence electrons. The molecule has 1 heterocycles. The Morgan fingerprint density at radius 1 is 1.11 bits per heavy atom. The van der Waals surface area contributed by atoms with Crippen LogP contribution in [0.3, 0.4) is 0 Å². The maximum Gasteiger partial charge on any atom is 0.243 e. The smallest absolute Gasteiger partial charge is 0.243 e. The second kappa shape index (κ2) is 6.72. The summed E-state index contributed by atoms with van der Waals surface area (Å²) >= 11 is 0. The molecule has 1 N–H and O–H groups in total. The fraction of sp³-hybridized carbons (Fsp3) is 0.364. The molecule has 2 atom stereocenters. The van der Waals surface area contributed by atoms with Crippen LogP contribution in [-0.2, 0) is 10.2 Å². The van der Waals surface area contributed by atoms with E-state index in [2.05, 4.69) is 55.6 Å². The van der Waals surface area contributed by atoms with Gasteiger partial charge in [-0.2, -0.15) is 5.10 Å². The summed E-state index contributed by atoms with van der Waals surface area (Å²) in [4.78, 5) is 12.3. The third-order valence-electron chi connectivity index (χ3n) is 5.12. The van der Waals surface area contributed by atoms with Crippen LogP contribution in [0.2, 0.25) is 0 Å². The van der Waals surface area contributed by atoms with Crippen LogP contribution in [0.15, 0.2) is 47.6 Å². The molecule has 0 bridgehead atoms. The van der Waals surface area contributed by atoms with Gasteiger partial charge in [-0.3, -0.25) is 4.79 Å². The second-order valence-corrected chi connectivity index (χ2v) is 8.17. The summed E-state index contributed by atoms with van der Waals surface area (Å²) in [6, 6.07) is 14.2. The average molecular weight is 364 g/mol. The van der Waals surface area contributed by atoms with Crippen molar-refractivity contribution in [1.29, 1.82) is 0 Å². The van der Waals surface area contributed by atoms with Crippen molar-refractivity contribution < 1.29 is 14.3 Å². The Morgan fingerprint density at radius 3 is 2.59 bits per heavy atom. The lowest BCUT2D eigenvalue weighted by atomic mass is 9.86. The minimum Gasteiger partial charge on any atom is -0.454 e. The van der Waals surface area contributed by atoms with Crippen LogP contribution in [0.5, 0.6) is 11.5 Å². The summed E-state index contributed by atoms with van der Waals surface area (Å²) in [6.07, 6.45) is 2.50. The highest BCUT2D eigenvalue weighted by atomic mass is 16.7. The lowest BCUT2D eigenvalue weighted by Gasteiger charge is -2.19. The summed E-state index contributed by atoms with van der Waals surface area (Å²) in [6.45, 7) is 6.85. The van der Waals surface area contributed by atoms with Crippen molar-refractivity contribution >= 4 is 12.1 Å². The Morgan fingerprint density at radius 2 is 1.85 bits per heavy atom. The van der Waals surface area contributed by atoms with Crippen LogP contribution in [0.1, 0.15) is 49.8 Å². The Balaban J connectivity index is 1.32. The number of amides is 1. The molecule has 27 heavy (non-hydrogen) atoms. The number of rotatable bonds is 4. The number of nitrogens with zero attached hydrogens (tertiary/aromatic N) is 1. The number of carbonyl (C=O) groups is 1. The first-order valence-corrected chi connectivity index (χ1v) is 9.25. The Labute approximate surface area is 159 Å². The predicted octanol–water partition coefficient (Wildman–Crippen LogP) is 3.97. The molecular formula is C22H24N2O3. The van der Waals surface area contributed by atoms with Crippen LogP contribution in [-0.4, -0.2) is 18.9 Å². The van der Waals surface area contributed by atoms with E-state index in [0.717, 1.165) is 17.7 Å². The molecule has 1 amide bonds. The van der Waals surface area contributed by atoms with E-state index in [1.807, 2.05) is 18.2 Å². The Bertz CT molecular complexity index is 881. The number of fused-ring (bicyclic) bond motifs is 1. The zero-order valence-electron chi connectivity index (χ0n) is 15.9. The van der Waals surface area contributed by atoms with Gasteiger partial charge in [0.05, 0.1) is 6.21 Å². The third kappa shape index (κ3) is 3.82. The van der Waals surface area contributed by atoms with E-state index in [1.54, 1.807) is 6.21 Å². The highest BCUT2D eigenvalue weighted by Crippen LogP contribution is 2.47. The molecule has 5 nitrogen and oxygen atoms in total. The average Bonchev–Trinajstić information content (AvgIpc) is 3.31. The third-order valence-corrected chi connectivity index (χ3v) is 5.12. The first-order valence-electron chi connectivity index (χ1n) is 9.25. The standard InChI is InChI=1S/C22H24N2O3/c1-22(2,3)16-7-5-15(6-8-16)17-11-18(17)21(25)24-23-12-14-4-9-19-20(10-14)27-13-26-19/h4-10,12,17-18H,11,13H2,1-3H3,(H,24,25)/t17-,18+/m0/s1. The van der Waals surface area contributed by atoms with Gasteiger partial charge in [0.15, 0.2) is 11.5 Å². The molecule has 0 radical (unpaired) electrons. The van der Waals surface area contributed by atoms with Crippen LogP contribution in [0, 0.1) is 5.92 Å². The molecule has 1 saturated carbocycles. The first kappa shape index (κ1) is 17.6. The normalized spacial score (nSPS) is 20.7. The minimum atomic E-state index is -0.0307. The van der Waals surface area contributed by atoms with Crippen LogP contribution in [0.4, 0.5) is 0 Å². The molecule has 1 fully saturated rings. The zero-order chi connectivity index (χ0) is 19.0. The van der Waals surface area contributed by atoms with Crippen molar-refractivity contribution in [3.05, 3.63) is 59.2 Å². The van der Waals surface area contributed by atoms with Gasteiger partial charge >= 0.3 is 0 Å². The van der Waals surface area contributed by atoms with Gasteiger partial charge in [-0.15, -0.1) is 0 Å². The molecular weight excluding hydrogens is 340 g/mol. The van der Waals surface area contributed by atoms with Gasteiger partial charge in [-0.25, -0.2) is 5.43 Å². The van der Waals surface area contributed by atoms with Gasteiger partial charge in [0.2, 0.25) is 12.7 Å². The van der Waals surface area contributed by atoms with Gasteiger partial charge < -0.3 is 9.47 Å². The van der Waals surface area contributed by atoms with Crippen LogP contribution >= 0.6 is 0 Å². The van der Waals surface area contributed by atoms with E-state index in [4.69, 9.17) is 9.47 Å². The van der Waals surface area contributed by atoms with Crippen molar-refractivity contribution in [2.75, 3.05) is 6.79 Å². The number of hydrogen-bond donors (Lipinski definition) is 1. The highest BCUT2D eigenvalue weighted by molar-refractivity contribution is 5.86. The van der Waals surface area contributed by atoms with Gasteiger partial charge in [0.25, 0.3) is 0 Å². The number of benzene rings is 2. The van der Waals surface area contributed by atoms with Crippen molar-refractivity contribution in [3.8, 4) is 11.5 Å². The fourth-order valence-corrected chi connectivity index (χ4v) is 3.33.